The van der Waals surface area contributed by atoms with Crippen molar-refractivity contribution in [2.45, 2.75) is 90.3 Å². The van der Waals surface area contributed by atoms with Crippen LogP contribution in [0.4, 0.5) is 0 Å². The van der Waals surface area contributed by atoms with Crippen LogP contribution in [0.3, 0.4) is 0 Å². The Labute approximate surface area is 143 Å². The predicted molar refractivity (Wildman–Crippen MR) is 87.3 cm³/mol. The molecule has 0 unspecified atom stereocenters. The van der Waals surface area contributed by atoms with Crippen LogP contribution in [0.5, 0.6) is 0 Å². The van der Waals surface area contributed by atoms with Crippen molar-refractivity contribution in [3.05, 3.63) is 0 Å². The second-order valence-electron chi connectivity index (χ2n) is 6.49. The molecule has 136 valence electrons. The van der Waals surface area contributed by atoms with E-state index in [1.54, 1.807) is 0 Å². The summed E-state index contributed by atoms with van der Waals surface area (Å²) in [6, 6.07) is 0. The molecule has 6 heteroatoms. The Bertz CT molecular complexity index is 406. The molecule has 0 aromatic heterocycles. The molecule has 1 aliphatic rings. The van der Waals surface area contributed by atoms with E-state index in [9.17, 15) is 19.2 Å². The van der Waals surface area contributed by atoms with Gasteiger partial charge in [0.15, 0.2) is 0 Å². The van der Waals surface area contributed by atoms with Crippen LogP contribution in [0.2, 0.25) is 0 Å². The third-order valence-corrected chi connectivity index (χ3v) is 4.04. The van der Waals surface area contributed by atoms with Crippen LogP contribution in [0.15, 0.2) is 0 Å². The summed E-state index contributed by atoms with van der Waals surface area (Å²) in [6.45, 7) is 3.02. The van der Waals surface area contributed by atoms with E-state index in [4.69, 9.17) is 9.47 Å². The lowest BCUT2D eigenvalue weighted by molar-refractivity contribution is -0.158. The zero-order chi connectivity index (χ0) is 17.9. The smallest absolute Gasteiger partial charge is 0.306 e. The molecule has 1 saturated carbocycles. The van der Waals surface area contributed by atoms with E-state index in [1.807, 2.05) is 0 Å². The van der Waals surface area contributed by atoms with Gasteiger partial charge in [0, 0.05) is 25.7 Å². The average Bonchev–Trinajstić information content (AvgIpc) is 2.48. The van der Waals surface area contributed by atoms with Crippen LogP contribution in [0.25, 0.3) is 0 Å². The highest BCUT2D eigenvalue weighted by Crippen LogP contribution is 2.24. The van der Waals surface area contributed by atoms with Crippen LogP contribution in [-0.2, 0) is 28.7 Å². The summed E-state index contributed by atoms with van der Waals surface area (Å²) in [6.07, 6.45) is 4.90. The summed E-state index contributed by atoms with van der Waals surface area (Å²) < 4.78 is 10.8. The number of hydrogen-bond donors (Lipinski definition) is 0. The lowest BCUT2D eigenvalue weighted by Crippen LogP contribution is -2.29. The fraction of sp³-hybridized carbons (Fsp3) is 0.778. The zero-order valence-corrected chi connectivity index (χ0v) is 14.7. The molecule has 0 N–H and O–H groups in total. The molecule has 0 radical (unpaired) electrons. The first-order valence-corrected chi connectivity index (χ1v) is 8.74. The number of Topliss-reactive ketones (excluding diaryl/α,β-unsaturated/α-hetero) is 2. The van der Waals surface area contributed by atoms with Crippen molar-refractivity contribution in [3.8, 4) is 0 Å². The van der Waals surface area contributed by atoms with Gasteiger partial charge in [0.2, 0.25) is 0 Å². The summed E-state index contributed by atoms with van der Waals surface area (Å²) in [5, 5.41) is 0. The van der Waals surface area contributed by atoms with E-state index in [0.717, 1.165) is 0 Å². The number of ether oxygens (including phenoxy) is 2. The average molecular weight is 340 g/mol. The Morgan fingerprint density at radius 2 is 1.00 bits per heavy atom. The first-order chi connectivity index (χ1) is 11.4. The Morgan fingerprint density at radius 1 is 0.667 bits per heavy atom. The predicted octanol–water partition coefficient (Wildman–Crippen LogP) is 2.90. The summed E-state index contributed by atoms with van der Waals surface area (Å²) in [4.78, 5) is 45.0. The molecule has 1 aliphatic carbocycles. The number of rotatable bonds is 10. The van der Waals surface area contributed by atoms with Gasteiger partial charge in [-0.2, -0.15) is 0 Å². The van der Waals surface area contributed by atoms with Gasteiger partial charge in [-0.05, 0) is 52.4 Å². The number of ketones is 2. The number of esters is 2. The highest BCUT2D eigenvalue weighted by Gasteiger charge is 2.26. The standard InChI is InChI=1S/C18H28O6/c1-13(19)5-3-7-17(21)23-15-9-11-16(12-10-15)24-18(22)8-4-6-14(2)20/h15-16H,3-12H2,1-2H3. The quantitative estimate of drug-likeness (QED) is 0.568. The molecule has 0 heterocycles. The van der Waals surface area contributed by atoms with Crippen LogP contribution >= 0.6 is 0 Å². The number of carbonyl (C=O) groups is 4. The van der Waals surface area contributed by atoms with Crippen molar-refractivity contribution in [1.29, 1.82) is 0 Å². The van der Waals surface area contributed by atoms with Crippen molar-refractivity contribution < 1.29 is 28.7 Å². The Kier molecular flexibility index (Phi) is 9.27. The van der Waals surface area contributed by atoms with Gasteiger partial charge in [0.05, 0.1) is 0 Å². The van der Waals surface area contributed by atoms with Gasteiger partial charge >= 0.3 is 11.9 Å². The van der Waals surface area contributed by atoms with Gasteiger partial charge in [-0.15, -0.1) is 0 Å². The van der Waals surface area contributed by atoms with Crippen molar-refractivity contribution in [3.63, 3.8) is 0 Å². The molecule has 0 aliphatic heterocycles. The number of hydrogen-bond acceptors (Lipinski definition) is 6. The molecule has 24 heavy (non-hydrogen) atoms. The maximum Gasteiger partial charge on any atom is 0.306 e. The minimum absolute atomic E-state index is 0.0772. The Morgan fingerprint density at radius 3 is 1.29 bits per heavy atom. The zero-order valence-electron chi connectivity index (χ0n) is 14.7. The van der Waals surface area contributed by atoms with Crippen LogP contribution in [0.1, 0.15) is 78.1 Å². The summed E-state index contributed by atoms with van der Waals surface area (Å²) in [5.41, 5.74) is 0. The van der Waals surface area contributed by atoms with E-state index < -0.39 is 0 Å². The van der Waals surface area contributed by atoms with Crippen LogP contribution in [0, 0.1) is 0 Å². The summed E-state index contributed by atoms with van der Waals surface area (Å²) in [5.74, 6) is -0.372. The molecular formula is C18H28O6. The lowest BCUT2D eigenvalue weighted by Gasteiger charge is -2.28. The molecular weight excluding hydrogens is 312 g/mol. The van der Waals surface area contributed by atoms with E-state index in [2.05, 4.69) is 0 Å². The van der Waals surface area contributed by atoms with E-state index in [-0.39, 0.29) is 48.6 Å². The molecule has 0 aromatic carbocycles. The van der Waals surface area contributed by atoms with E-state index >= 15 is 0 Å². The molecule has 0 aromatic rings. The molecule has 1 fully saturated rings. The van der Waals surface area contributed by atoms with Crippen molar-refractivity contribution in [1.82, 2.24) is 0 Å². The Balaban J connectivity index is 2.14. The van der Waals surface area contributed by atoms with E-state index in [0.29, 0.717) is 51.4 Å². The third kappa shape index (κ3) is 9.43. The highest BCUT2D eigenvalue weighted by molar-refractivity contribution is 5.77. The summed E-state index contributed by atoms with van der Waals surface area (Å²) >= 11 is 0. The van der Waals surface area contributed by atoms with Gasteiger partial charge in [-0.25, -0.2) is 0 Å². The normalized spacial score (nSPS) is 20.2. The van der Waals surface area contributed by atoms with Crippen molar-refractivity contribution >= 4 is 23.5 Å². The molecule has 0 bridgehead atoms. The first-order valence-electron chi connectivity index (χ1n) is 8.74. The van der Waals surface area contributed by atoms with Gasteiger partial charge in [0.25, 0.3) is 0 Å². The van der Waals surface area contributed by atoms with Gasteiger partial charge in [-0.1, -0.05) is 0 Å². The molecule has 0 amide bonds. The third-order valence-electron chi connectivity index (χ3n) is 4.04. The fourth-order valence-electron chi connectivity index (χ4n) is 2.72. The Hall–Kier alpha value is -1.72. The molecule has 0 saturated heterocycles. The van der Waals surface area contributed by atoms with Gasteiger partial charge in [0.1, 0.15) is 23.8 Å². The van der Waals surface area contributed by atoms with Crippen molar-refractivity contribution in [2.75, 3.05) is 0 Å². The topological polar surface area (TPSA) is 86.7 Å². The largest absolute Gasteiger partial charge is 0.462 e. The van der Waals surface area contributed by atoms with Crippen LogP contribution in [-0.4, -0.2) is 35.7 Å². The first kappa shape index (κ1) is 20.3. The minimum Gasteiger partial charge on any atom is -0.462 e. The van der Waals surface area contributed by atoms with Gasteiger partial charge in [-0.3, -0.25) is 9.59 Å². The second kappa shape index (κ2) is 10.9. The fourth-order valence-corrected chi connectivity index (χ4v) is 2.72. The summed E-state index contributed by atoms with van der Waals surface area (Å²) in [7, 11) is 0. The minimum atomic E-state index is -0.263. The van der Waals surface area contributed by atoms with Crippen molar-refractivity contribution in [2.24, 2.45) is 0 Å². The monoisotopic (exact) mass is 340 g/mol. The molecule has 6 nitrogen and oxygen atoms in total. The number of carbonyl (C=O) groups excluding carboxylic acids is 4. The maximum atomic E-state index is 11.7. The SMILES string of the molecule is CC(=O)CCCC(=O)OC1CCC(OC(=O)CCCC(C)=O)CC1. The lowest BCUT2D eigenvalue weighted by atomic mass is 9.95. The molecule has 0 spiro atoms. The van der Waals surface area contributed by atoms with Crippen LogP contribution < -0.4 is 0 Å². The van der Waals surface area contributed by atoms with Gasteiger partial charge < -0.3 is 19.1 Å². The second-order valence-corrected chi connectivity index (χ2v) is 6.49. The van der Waals surface area contributed by atoms with E-state index in [1.165, 1.54) is 13.8 Å². The molecule has 0 atom stereocenters. The highest BCUT2D eigenvalue weighted by atomic mass is 16.6. The maximum absolute atomic E-state index is 11.7. The molecule has 1 rings (SSSR count).